The standard InChI is InChI=1S/C24H31F3N4O/c1-3-30(4-2)21(18-8-6-5-7-9-18)17-29-23(32)19-12-14-31(15-13-19)22-11-10-20(16-28-22)24(25,26)27/h5-11,16,19,21H,3-4,12-15,17H2,1-2H3,(H,29,32). The third kappa shape index (κ3) is 6.00. The number of piperidine rings is 1. The third-order valence-electron chi connectivity index (χ3n) is 6.17. The molecule has 1 aromatic carbocycles. The Morgan fingerprint density at radius 2 is 1.78 bits per heavy atom. The molecule has 1 unspecified atom stereocenters. The fraction of sp³-hybridized carbons (Fsp3) is 0.500. The normalized spacial score (nSPS) is 16.2. The average molecular weight is 449 g/mol. The molecule has 1 N–H and O–H groups in total. The molecule has 1 atom stereocenters. The monoisotopic (exact) mass is 448 g/mol. The van der Waals surface area contributed by atoms with Gasteiger partial charge in [0, 0.05) is 31.7 Å². The van der Waals surface area contributed by atoms with Gasteiger partial charge in [-0.3, -0.25) is 9.69 Å². The summed E-state index contributed by atoms with van der Waals surface area (Å²) >= 11 is 0. The molecule has 1 saturated heterocycles. The lowest BCUT2D eigenvalue weighted by Gasteiger charge is -2.33. The first-order valence-corrected chi connectivity index (χ1v) is 11.2. The Hall–Kier alpha value is -2.61. The largest absolute Gasteiger partial charge is 0.417 e. The highest BCUT2D eigenvalue weighted by atomic mass is 19.4. The number of amides is 1. The second-order valence-corrected chi connectivity index (χ2v) is 8.06. The maximum atomic E-state index is 12.8. The number of benzene rings is 1. The molecule has 1 amide bonds. The fourth-order valence-corrected chi connectivity index (χ4v) is 4.25. The van der Waals surface area contributed by atoms with E-state index < -0.39 is 11.7 Å². The van der Waals surface area contributed by atoms with Crippen LogP contribution in [0.1, 0.15) is 43.9 Å². The molecule has 0 aliphatic carbocycles. The Kier molecular flexibility index (Phi) is 8.12. The van der Waals surface area contributed by atoms with Crippen LogP contribution >= 0.6 is 0 Å². The molecule has 3 rings (SSSR count). The zero-order valence-electron chi connectivity index (χ0n) is 18.6. The van der Waals surface area contributed by atoms with Crippen LogP contribution in [0.4, 0.5) is 19.0 Å². The van der Waals surface area contributed by atoms with Gasteiger partial charge in [0.1, 0.15) is 5.82 Å². The number of carbonyl (C=O) groups is 1. The number of carbonyl (C=O) groups excluding carboxylic acids is 1. The van der Waals surface area contributed by atoms with E-state index in [2.05, 4.69) is 41.2 Å². The van der Waals surface area contributed by atoms with E-state index in [1.54, 1.807) is 0 Å². The van der Waals surface area contributed by atoms with Crippen LogP contribution in [0.15, 0.2) is 48.7 Å². The summed E-state index contributed by atoms with van der Waals surface area (Å²) < 4.78 is 38.2. The first kappa shape index (κ1) is 24.0. The number of likely N-dealkylation sites (N-methyl/N-ethyl adjacent to an activating group) is 1. The highest BCUT2D eigenvalue weighted by Crippen LogP contribution is 2.30. The second kappa shape index (κ2) is 10.8. The van der Waals surface area contributed by atoms with Crippen molar-refractivity contribution in [3.63, 3.8) is 0 Å². The summed E-state index contributed by atoms with van der Waals surface area (Å²) in [6.07, 6.45) is -2.23. The molecule has 1 fully saturated rings. The van der Waals surface area contributed by atoms with Gasteiger partial charge in [-0.25, -0.2) is 4.98 Å². The molecule has 1 aliphatic heterocycles. The van der Waals surface area contributed by atoms with Crippen molar-refractivity contribution >= 4 is 11.7 Å². The van der Waals surface area contributed by atoms with E-state index in [0.717, 1.165) is 25.4 Å². The van der Waals surface area contributed by atoms with Gasteiger partial charge in [-0.15, -0.1) is 0 Å². The van der Waals surface area contributed by atoms with Gasteiger partial charge in [0.15, 0.2) is 0 Å². The molecule has 32 heavy (non-hydrogen) atoms. The molecule has 5 nitrogen and oxygen atoms in total. The molecular weight excluding hydrogens is 417 g/mol. The Balaban J connectivity index is 1.54. The van der Waals surface area contributed by atoms with Crippen LogP contribution in [0.3, 0.4) is 0 Å². The number of hydrogen-bond donors (Lipinski definition) is 1. The topological polar surface area (TPSA) is 48.5 Å². The smallest absolute Gasteiger partial charge is 0.357 e. The van der Waals surface area contributed by atoms with Crippen molar-refractivity contribution in [3.05, 3.63) is 59.8 Å². The summed E-state index contributed by atoms with van der Waals surface area (Å²) in [4.78, 5) is 21.1. The van der Waals surface area contributed by atoms with Crippen LogP contribution in [0.2, 0.25) is 0 Å². The zero-order valence-corrected chi connectivity index (χ0v) is 18.6. The fourth-order valence-electron chi connectivity index (χ4n) is 4.25. The van der Waals surface area contributed by atoms with Gasteiger partial charge in [-0.1, -0.05) is 44.2 Å². The number of aromatic nitrogens is 1. The molecule has 0 spiro atoms. The molecule has 174 valence electrons. The zero-order chi connectivity index (χ0) is 23.1. The molecule has 1 aromatic heterocycles. The van der Waals surface area contributed by atoms with Crippen molar-refractivity contribution in [2.75, 3.05) is 37.6 Å². The molecule has 1 aliphatic rings. The Bertz CT molecular complexity index is 846. The predicted molar refractivity (Wildman–Crippen MR) is 119 cm³/mol. The summed E-state index contributed by atoms with van der Waals surface area (Å²) in [5.74, 6) is 0.453. The van der Waals surface area contributed by atoms with Crippen molar-refractivity contribution in [3.8, 4) is 0 Å². The number of rotatable bonds is 8. The lowest BCUT2D eigenvalue weighted by Crippen LogP contribution is -2.43. The van der Waals surface area contributed by atoms with Crippen LogP contribution in [0, 0.1) is 5.92 Å². The van der Waals surface area contributed by atoms with E-state index in [1.807, 2.05) is 23.1 Å². The molecule has 2 aromatic rings. The lowest BCUT2D eigenvalue weighted by atomic mass is 9.95. The first-order chi connectivity index (χ1) is 15.3. The minimum Gasteiger partial charge on any atom is -0.357 e. The van der Waals surface area contributed by atoms with E-state index in [4.69, 9.17) is 0 Å². The summed E-state index contributed by atoms with van der Waals surface area (Å²) in [6, 6.07) is 12.8. The Morgan fingerprint density at radius 3 is 2.31 bits per heavy atom. The Morgan fingerprint density at radius 1 is 1.12 bits per heavy atom. The maximum Gasteiger partial charge on any atom is 0.417 e. The van der Waals surface area contributed by atoms with E-state index in [0.29, 0.717) is 38.3 Å². The van der Waals surface area contributed by atoms with Crippen LogP contribution in [-0.2, 0) is 11.0 Å². The van der Waals surface area contributed by atoms with Gasteiger partial charge in [0.05, 0.1) is 11.6 Å². The highest BCUT2D eigenvalue weighted by molar-refractivity contribution is 5.79. The molecule has 0 bridgehead atoms. The molecular formula is C24H31F3N4O. The number of halogens is 3. The minimum atomic E-state index is -4.39. The number of hydrogen-bond acceptors (Lipinski definition) is 4. The van der Waals surface area contributed by atoms with Gasteiger partial charge in [-0.05, 0) is 43.6 Å². The summed E-state index contributed by atoms with van der Waals surface area (Å²) in [5.41, 5.74) is 0.427. The lowest BCUT2D eigenvalue weighted by molar-refractivity contribution is -0.137. The number of nitrogens with zero attached hydrogens (tertiary/aromatic N) is 3. The summed E-state index contributed by atoms with van der Waals surface area (Å²) in [7, 11) is 0. The van der Waals surface area contributed by atoms with Gasteiger partial charge in [0.25, 0.3) is 0 Å². The number of pyridine rings is 1. The predicted octanol–water partition coefficient (Wildman–Crippen LogP) is 4.52. The van der Waals surface area contributed by atoms with E-state index in [-0.39, 0.29) is 17.9 Å². The molecule has 0 radical (unpaired) electrons. The first-order valence-electron chi connectivity index (χ1n) is 11.2. The number of alkyl halides is 3. The SMILES string of the molecule is CCN(CC)C(CNC(=O)C1CCN(c2ccc(C(F)(F)F)cn2)CC1)c1ccccc1. The van der Waals surface area contributed by atoms with E-state index >= 15 is 0 Å². The van der Waals surface area contributed by atoms with Crippen molar-refractivity contribution in [1.29, 1.82) is 0 Å². The van der Waals surface area contributed by atoms with E-state index in [9.17, 15) is 18.0 Å². The van der Waals surface area contributed by atoms with Crippen molar-refractivity contribution in [2.24, 2.45) is 5.92 Å². The van der Waals surface area contributed by atoms with Crippen molar-refractivity contribution < 1.29 is 18.0 Å². The van der Waals surface area contributed by atoms with Crippen LogP contribution in [-0.4, -0.2) is 48.5 Å². The number of anilines is 1. The second-order valence-electron chi connectivity index (χ2n) is 8.06. The molecule has 8 heteroatoms. The Labute approximate surface area is 187 Å². The van der Waals surface area contributed by atoms with Crippen LogP contribution in [0.25, 0.3) is 0 Å². The highest BCUT2D eigenvalue weighted by Gasteiger charge is 2.31. The molecule has 2 heterocycles. The number of nitrogens with one attached hydrogen (secondary N) is 1. The van der Waals surface area contributed by atoms with E-state index in [1.165, 1.54) is 11.6 Å². The van der Waals surface area contributed by atoms with Crippen LogP contribution in [0.5, 0.6) is 0 Å². The van der Waals surface area contributed by atoms with Gasteiger partial charge >= 0.3 is 6.18 Å². The average Bonchev–Trinajstić information content (AvgIpc) is 2.82. The third-order valence-corrected chi connectivity index (χ3v) is 6.17. The maximum absolute atomic E-state index is 12.8. The van der Waals surface area contributed by atoms with Gasteiger partial charge < -0.3 is 10.2 Å². The minimum absolute atomic E-state index is 0.0399. The van der Waals surface area contributed by atoms with Crippen LogP contribution < -0.4 is 10.2 Å². The summed E-state index contributed by atoms with van der Waals surface area (Å²) in [5, 5.41) is 3.14. The van der Waals surface area contributed by atoms with Crippen molar-refractivity contribution in [1.82, 2.24) is 15.2 Å². The summed E-state index contributed by atoms with van der Waals surface area (Å²) in [6.45, 7) is 7.75. The molecule has 0 saturated carbocycles. The van der Waals surface area contributed by atoms with Gasteiger partial charge in [-0.2, -0.15) is 13.2 Å². The van der Waals surface area contributed by atoms with Crippen molar-refractivity contribution in [2.45, 2.75) is 38.9 Å². The quantitative estimate of drug-likeness (QED) is 0.645. The van der Waals surface area contributed by atoms with Gasteiger partial charge in [0.2, 0.25) is 5.91 Å².